The summed E-state index contributed by atoms with van der Waals surface area (Å²) in [4.78, 5) is 21.6. The van der Waals surface area contributed by atoms with Crippen molar-refractivity contribution in [1.82, 2.24) is 14.9 Å². The first kappa shape index (κ1) is 12.6. The minimum absolute atomic E-state index is 0.0367. The van der Waals surface area contributed by atoms with Gasteiger partial charge < -0.3 is 10.0 Å². The van der Waals surface area contributed by atoms with Crippen LogP contribution >= 0.6 is 0 Å². The van der Waals surface area contributed by atoms with E-state index in [2.05, 4.69) is 9.97 Å². The second kappa shape index (κ2) is 6.17. The lowest BCUT2D eigenvalue weighted by molar-refractivity contribution is 0.0715. The molecule has 0 fully saturated rings. The van der Waals surface area contributed by atoms with Crippen molar-refractivity contribution in [2.24, 2.45) is 0 Å². The van der Waals surface area contributed by atoms with Gasteiger partial charge in [0, 0.05) is 19.3 Å². The molecule has 0 bridgehead atoms. The van der Waals surface area contributed by atoms with E-state index in [1.54, 1.807) is 18.0 Å². The largest absolute Gasteiger partial charge is 0.395 e. The van der Waals surface area contributed by atoms with Crippen LogP contribution < -0.4 is 0 Å². The Morgan fingerprint density at radius 2 is 2.19 bits per heavy atom. The molecule has 16 heavy (non-hydrogen) atoms. The molecule has 0 aliphatic heterocycles. The lowest BCUT2D eigenvalue weighted by Gasteiger charge is -2.20. The number of rotatable bonds is 5. The molecule has 0 aliphatic carbocycles. The zero-order valence-electron chi connectivity index (χ0n) is 9.68. The molecule has 0 spiro atoms. The summed E-state index contributed by atoms with van der Waals surface area (Å²) in [6.45, 7) is 4.70. The van der Waals surface area contributed by atoms with Crippen LogP contribution in [0, 0.1) is 6.92 Å². The van der Waals surface area contributed by atoms with Crippen molar-refractivity contribution < 1.29 is 9.90 Å². The summed E-state index contributed by atoms with van der Waals surface area (Å²) in [6, 6.07) is 0. The number of hydrogen-bond donors (Lipinski definition) is 1. The Labute approximate surface area is 95.1 Å². The molecular formula is C11H17N3O2. The molecule has 0 aromatic carbocycles. The summed E-state index contributed by atoms with van der Waals surface area (Å²) >= 11 is 0. The van der Waals surface area contributed by atoms with Crippen LogP contribution in [0.25, 0.3) is 0 Å². The standard InChI is InChI=1S/C11H17N3O2/c1-3-4-14(5-6-15)11(16)10-8-12-7-9(2)13-10/h7-8,15H,3-6H2,1-2H3. The van der Waals surface area contributed by atoms with Crippen molar-refractivity contribution in [3.05, 3.63) is 23.8 Å². The van der Waals surface area contributed by atoms with E-state index in [4.69, 9.17) is 5.11 Å². The second-order valence-electron chi connectivity index (χ2n) is 3.56. The quantitative estimate of drug-likeness (QED) is 0.795. The molecule has 0 saturated carbocycles. The average Bonchev–Trinajstić information content (AvgIpc) is 2.28. The fourth-order valence-corrected chi connectivity index (χ4v) is 1.43. The molecule has 1 rings (SSSR count). The van der Waals surface area contributed by atoms with E-state index in [0.717, 1.165) is 6.42 Å². The summed E-state index contributed by atoms with van der Waals surface area (Å²) in [7, 11) is 0. The van der Waals surface area contributed by atoms with E-state index in [1.165, 1.54) is 6.20 Å². The predicted molar refractivity (Wildman–Crippen MR) is 60.0 cm³/mol. The van der Waals surface area contributed by atoms with Crippen molar-refractivity contribution >= 4 is 5.91 Å². The summed E-state index contributed by atoms with van der Waals surface area (Å²) in [5.74, 6) is -0.174. The molecule has 0 radical (unpaired) electrons. The van der Waals surface area contributed by atoms with Crippen molar-refractivity contribution in [2.75, 3.05) is 19.7 Å². The normalized spacial score (nSPS) is 10.2. The van der Waals surface area contributed by atoms with Crippen molar-refractivity contribution in [1.29, 1.82) is 0 Å². The Bertz CT molecular complexity index is 349. The number of hydrogen-bond acceptors (Lipinski definition) is 4. The maximum Gasteiger partial charge on any atom is 0.274 e. The third kappa shape index (κ3) is 3.27. The van der Waals surface area contributed by atoms with Crippen LogP contribution in [0.2, 0.25) is 0 Å². The fourth-order valence-electron chi connectivity index (χ4n) is 1.43. The van der Waals surface area contributed by atoms with Gasteiger partial charge in [-0.2, -0.15) is 0 Å². The third-order valence-electron chi connectivity index (χ3n) is 2.12. The van der Waals surface area contributed by atoms with Gasteiger partial charge in [0.2, 0.25) is 0 Å². The van der Waals surface area contributed by atoms with E-state index in [1.807, 2.05) is 6.92 Å². The van der Waals surface area contributed by atoms with Crippen LogP contribution in [0.15, 0.2) is 12.4 Å². The van der Waals surface area contributed by atoms with Crippen molar-refractivity contribution in [3.63, 3.8) is 0 Å². The number of aromatic nitrogens is 2. The predicted octanol–water partition coefficient (Wildman–Crippen LogP) is 0.630. The molecule has 0 atom stereocenters. The number of carbonyl (C=O) groups excluding carboxylic acids is 1. The Balaban J connectivity index is 2.81. The number of nitrogens with zero attached hydrogens (tertiary/aromatic N) is 3. The zero-order valence-corrected chi connectivity index (χ0v) is 9.68. The van der Waals surface area contributed by atoms with Crippen molar-refractivity contribution in [2.45, 2.75) is 20.3 Å². The molecule has 0 unspecified atom stereocenters. The molecular weight excluding hydrogens is 206 g/mol. The fraction of sp³-hybridized carbons (Fsp3) is 0.545. The highest BCUT2D eigenvalue weighted by Gasteiger charge is 2.15. The molecule has 1 amide bonds. The van der Waals surface area contributed by atoms with Crippen LogP contribution in [0.4, 0.5) is 0 Å². The molecule has 1 N–H and O–H groups in total. The Morgan fingerprint density at radius 3 is 2.75 bits per heavy atom. The van der Waals surface area contributed by atoms with Crippen LogP contribution in [0.3, 0.4) is 0 Å². The number of aliphatic hydroxyl groups excluding tert-OH is 1. The van der Waals surface area contributed by atoms with Crippen LogP contribution in [0.1, 0.15) is 29.5 Å². The number of carbonyl (C=O) groups is 1. The topological polar surface area (TPSA) is 66.3 Å². The Hall–Kier alpha value is -1.49. The van der Waals surface area contributed by atoms with Gasteiger partial charge in [-0.05, 0) is 13.3 Å². The molecule has 5 heteroatoms. The Kier molecular flexibility index (Phi) is 4.85. The molecule has 5 nitrogen and oxygen atoms in total. The van der Waals surface area contributed by atoms with Gasteiger partial charge in [-0.25, -0.2) is 4.98 Å². The summed E-state index contributed by atoms with van der Waals surface area (Å²) in [6.07, 6.45) is 3.91. The van der Waals surface area contributed by atoms with Gasteiger partial charge in [0.25, 0.3) is 5.91 Å². The second-order valence-corrected chi connectivity index (χ2v) is 3.56. The van der Waals surface area contributed by atoms with E-state index < -0.39 is 0 Å². The first-order chi connectivity index (χ1) is 7.69. The van der Waals surface area contributed by atoms with Gasteiger partial charge in [0.1, 0.15) is 5.69 Å². The lowest BCUT2D eigenvalue weighted by Crippen LogP contribution is -2.34. The van der Waals surface area contributed by atoms with Crippen LogP contribution in [-0.2, 0) is 0 Å². The number of aryl methyl sites for hydroxylation is 1. The minimum Gasteiger partial charge on any atom is -0.395 e. The zero-order chi connectivity index (χ0) is 12.0. The lowest BCUT2D eigenvalue weighted by atomic mass is 10.3. The van der Waals surface area contributed by atoms with E-state index in [9.17, 15) is 4.79 Å². The van der Waals surface area contributed by atoms with E-state index in [-0.39, 0.29) is 12.5 Å². The van der Waals surface area contributed by atoms with E-state index in [0.29, 0.717) is 24.5 Å². The smallest absolute Gasteiger partial charge is 0.274 e. The Morgan fingerprint density at radius 1 is 1.44 bits per heavy atom. The van der Waals surface area contributed by atoms with Gasteiger partial charge in [0.05, 0.1) is 18.5 Å². The molecule has 88 valence electrons. The minimum atomic E-state index is -0.174. The van der Waals surface area contributed by atoms with Crippen molar-refractivity contribution in [3.8, 4) is 0 Å². The number of aliphatic hydroxyl groups is 1. The maximum absolute atomic E-state index is 12.0. The van der Waals surface area contributed by atoms with Crippen LogP contribution in [0.5, 0.6) is 0 Å². The molecule has 1 aromatic heterocycles. The van der Waals surface area contributed by atoms with Crippen LogP contribution in [-0.4, -0.2) is 45.6 Å². The van der Waals surface area contributed by atoms with Gasteiger partial charge in [-0.3, -0.25) is 9.78 Å². The summed E-state index contributed by atoms with van der Waals surface area (Å²) in [5.41, 5.74) is 1.05. The number of amides is 1. The third-order valence-corrected chi connectivity index (χ3v) is 2.12. The highest BCUT2D eigenvalue weighted by Crippen LogP contribution is 2.02. The molecule has 0 aliphatic rings. The summed E-state index contributed by atoms with van der Waals surface area (Å²) < 4.78 is 0. The van der Waals surface area contributed by atoms with Gasteiger partial charge in [-0.15, -0.1) is 0 Å². The molecule has 1 aromatic rings. The average molecular weight is 223 g/mol. The highest BCUT2D eigenvalue weighted by molar-refractivity contribution is 5.92. The van der Waals surface area contributed by atoms with E-state index >= 15 is 0 Å². The van der Waals surface area contributed by atoms with Gasteiger partial charge >= 0.3 is 0 Å². The molecule has 0 saturated heterocycles. The monoisotopic (exact) mass is 223 g/mol. The highest BCUT2D eigenvalue weighted by atomic mass is 16.3. The SMILES string of the molecule is CCCN(CCO)C(=O)c1cncc(C)n1. The molecule has 1 heterocycles. The maximum atomic E-state index is 12.0. The first-order valence-corrected chi connectivity index (χ1v) is 5.37. The first-order valence-electron chi connectivity index (χ1n) is 5.37. The van der Waals surface area contributed by atoms with Gasteiger partial charge in [0.15, 0.2) is 0 Å². The summed E-state index contributed by atoms with van der Waals surface area (Å²) in [5, 5.41) is 8.88. The van der Waals surface area contributed by atoms with Gasteiger partial charge in [-0.1, -0.05) is 6.92 Å².